The monoisotopic (exact) mass is 356 g/mol. The Morgan fingerprint density at radius 3 is 1.76 bits per heavy atom. The van der Waals surface area contributed by atoms with Gasteiger partial charge in [-0.2, -0.15) is 0 Å². The number of hydrogen-bond donors (Lipinski definition) is 1. The first-order chi connectivity index (χ1) is 11.7. The van der Waals surface area contributed by atoms with Crippen LogP contribution in [0.5, 0.6) is 0 Å². The van der Waals surface area contributed by atoms with E-state index in [0.29, 0.717) is 0 Å². The fourth-order valence-electron chi connectivity index (χ4n) is 2.07. The second-order valence-corrected chi connectivity index (χ2v) is 7.43. The second kappa shape index (κ2) is 9.60. The molecule has 2 rings (SSSR count). The Balaban J connectivity index is 0.000000299. The molecule has 1 N–H and O–H groups in total. The Hall–Kier alpha value is -1.83. The van der Waals surface area contributed by atoms with Crippen LogP contribution in [0.4, 0.5) is 0 Å². The molecular formula is C23H29ClO. The normalized spacial score (nSPS) is 10.6. The van der Waals surface area contributed by atoms with Crippen molar-refractivity contribution in [3.63, 3.8) is 0 Å². The van der Waals surface area contributed by atoms with Crippen molar-refractivity contribution in [2.45, 2.75) is 34.1 Å². The summed E-state index contributed by atoms with van der Waals surface area (Å²) in [6, 6.07) is 16.1. The van der Waals surface area contributed by atoms with E-state index in [4.69, 9.17) is 16.7 Å². The van der Waals surface area contributed by atoms with Crippen LogP contribution in [0.3, 0.4) is 0 Å². The molecule has 25 heavy (non-hydrogen) atoms. The quantitative estimate of drug-likeness (QED) is 0.592. The van der Waals surface area contributed by atoms with Gasteiger partial charge in [-0.1, -0.05) is 86.1 Å². The van der Waals surface area contributed by atoms with Crippen LogP contribution in [-0.4, -0.2) is 11.7 Å². The van der Waals surface area contributed by atoms with Gasteiger partial charge in [0.05, 0.1) is 0 Å². The molecule has 2 aromatic rings. The van der Waals surface area contributed by atoms with Gasteiger partial charge in [-0.15, -0.1) is 0 Å². The molecule has 0 amide bonds. The van der Waals surface area contributed by atoms with E-state index in [9.17, 15) is 0 Å². The average molecular weight is 357 g/mol. The van der Waals surface area contributed by atoms with E-state index >= 15 is 0 Å². The summed E-state index contributed by atoms with van der Waals surface area (Å²) in [4.78, 5) is 0. The molecule has 0 heterocycles. The molecule has 0 radical (unpaired) electrons. The maximum atomic E-state index is 8.61. The number of rotatable bonds is 5. The molecule has 134 valence electrons. The average Bonchev–Trinajstić information content (AvgIpc) is 2.56. The lowest BCUT2D eigenvalue weighted by atomic mass is 9.83. The van der Waals surface area contributed by atoms with Crippen LogP contribution in [0.1, 0.15) is 43.9 Å². The minimum atomic E-state index is 0.106. The van der Waals surface area contributed by atoms with Crippen molar-refractivity contribution in [1.82, 2.24) is 0 Å². The molecule has 2 aromatic carbocycles. The zero-order valence-electron chi connectivity index (χ0n) is 15.8. The van der Waals surface area contributed by atoms with Crippen molar-refractivity contribution in [2.75, 3.05) is 6.61 Å². The minimum Gasteiger partial charge on any atom is -0.396 e. The van der Waals surface area contributed by atoms with Gasteiger partial charge in [0.25, 0.3) is 0 Å². The molecule has 1 nitrogen and oxygen atoms in total. The SMILES string of the molecule is C=C(C)C(C)(C)CCO.C=C(c1ccc(C)cc1)c1ccc(Cl)cc1. The van der Waals surface area contributed by atoms with Crippen molar-refractivity contribution in [3.05, 3.63) is 89.0 Å². The largest absolute Gasteiger partial charge is 0.396 e. The summed E-state index contributed by atoms with van der Waals surface area (Å²) in [5.74, 6) is 0. The first-order valence-electron chi connectivity index (χ1n) is 8.46. The number of halogens is 1. The maximum Gasteiger partial charge on any atom is 0.0439 e. The van der Waals surface area contributed by atoms with Gasteiger partial charge < -0.3 is 5.11 Å². The fraction of sp³-hybridized carbons (Fsp3) is 0.304. The van der Waals surface area contributed by atoms with Gasteiger partial charge >= 0.3 is 0 Å². The fourth-order valence-corrected chi connectivity index (χ4v) is 2.19. The van der Waals surface area contributed by atoms with E-state index < -0.39 is 0 Å². The van der Waals surface area contributed by atoms with Crippen LogP contribution in [-0.2, 0) is 0 Å². The Labute approximate surface area is 157 Å². The van der Waals surface area contributed by atoms with Gasteiger partial charge in [0, 0.05) is 11.6 Å². The van der Waals surface area contributed by atoms with Crippen molar-refractivity contribution in [3.8, 4) is 0 Å². The van der Waals surface area contributed by atoms with E-state index in [-0.39, 0.29) is 12.0 Å². The predicted octanol–water partition coefficient (Wildman–Crippen LogP) is 6.68. The molecular weight excluding hydrogens is 328 g/mol. The molecule has 2 heteroatoms. The molecule has 0 aromatic heterocycles. The van der Waals surface area contributed by atoms with Gasteiger partial charge in [-0.25, -0.2) is 0 Å². The smallest absolute Gasteiger partial charge is 0.0439 e. The number of allylic oxidation sites excluding steroid dienone is 1. The Morgan fingerprint density at radius 1 is 0.960 bits per heavy atom. The summed E-state index contributed by atoms with van der Waals surface area (Å²) >= 11 is 5.85. The Morgan fingerprint density at radius 2 is 1.40 bits per heavy atom. The molecule has 0 bridgehead atoms. The van der Waals surface area contributed by atoms with Gasteiger partial charge in [0.1, 0.15) is 0 Å². The summed E-state index contributed by atoms with van der Waals surface area (Å²) < 4.78 is 0. The first-order valence-corrected chi connectivity index (χ1v) is 8.84. The number of benzene rings is 2. The van der Waals surface area contributed by atoms with Crippen LogP contribution < -0.4 is 0 Å². The van der Waals surface area contributed by atoms with Gasteiger partial charge in [0.2, 0.25) is 0 Å². The number of aryl methyl sites for hydroxylation is 1. The zero-order valence-corrected chi connectivity index (χ0v) is 16.5. The molecule has 0 unspecified atom stereocenters. The highest BCUT2D eigenvalue weighted by molar-refractivity contribution is 6.30. The van der Waals surface area contributed by atoms with E-state index in [1.807, 2.05) is 31.2 Å². The van der Waals surface area contributed by atoms with Gasteiger partial charge in [0.15, 0.2) is 0 Å². The van der Waals surface area contributed by atoms with Crippen LogP contribution >= 0.6 is 11.6 Å². The third-order valence-electron chi connectivity index (χ3n) is 4.48. The molecule has 0 aliphatic rings. The third-order valence-corrected chi connectivity index (χ3v) is 4.74. The minimum absolute atomic E-state index is 0.106. The zero-order chi connectivity index (χ0) is 19.0. The van der Waals surface area contributed by atoms with Crippen LogP contribution in [0.15, 0.2) is 67.3 Å². The summed E-state index contributed by atoms with van der Waals surface area (Å²) in [5, 5.41) is 9.36. The first kappa shape index (κ1) is 21.2. The molecule has 0 atom stereocenters. The van der Waals surface area contributed by atoms with Gasteiger partial charge in [-0.05, 0) is 54.5 Å². The lowest BCUT2D eigenvalue weighted by Crippen LogP contribution is -2.13. The lowest BCUT2D eigenvalue weighted by Gasteiger charge is -2.23. The molecule has 0 fully saturated rings. The van der Waals surface area contributed by atoms with Crippen molar-refractivity contribution < 1.29 is 5.11 Å². The third kappa shape index (κ3) is 6.89. The van der Waals surface area contributed by atoms with Gasteiger partial charge in [-0.3, -0.25) is 0 Å². The Kier molecular flexibility index (Phi) is 8.15. The predicted molar refractivity (Wildman–Crippen MR) is 111 cm³/mol. The van der Waals surface area contributed by atoms with E-state index in [2.05, 4.69) is 58.2 Å². The highest BCUT2D eigenvalue weighted by atomic mass is 35.5. The van der Waals surface area contributed by atoms with E-state index in [0.717, 1.165) is 33.7 Å². The number of aliphatic hydroxyl groups is 1. The lowest BCUT2D eigenvalue weighted by molar-refractivity contribution is 0.235. The standard InChI is InChI=1S/C15H13Cl.C8H16O/c1-11-3-5-13(6-4-11)12(2)14-7-9-15(16)10-8-14;1-7(2)8(3,4)5-6-9/h3-10H,2H2,1H3;9H,1,5-6H2,2-4H3. The highest BCUT2D eigenvalue weighted by Crippen LogP contribution is 2.27. The summed E-state index contributed by atoms with van der Waals surface area (Å²) in [6.45, 7) is 16.4. The van der Waals surface area contributed by atoms with Crippen molar-refractivity contribution in [2.24, 2.45) is 5.41 Å². The summed E-state index contributed by atoms with van der Waals surface area (Å²) in [5.41, 5.74) is 5.77. The molecule has 0 aliphatic carbocycles. The van der Waals surface area contributed by atoms with E-state index in [1.54, 1.807) is 0 Å². The Bertz CT molecular complexity index is 646. The van der Waals surface area contributed by atoms with E-state index in [1.165, 1.54) is 5.56 Å². The summed E-state index contributed by atoms with van der Waals surface area (Å²) in [6.07, 6.45) is 0.808. The number of hydrogen-bond acceptors (Lipinski definition) is 1. The van der Waals surface area contributed by atoms with Crippen molar-refractivity contribution >= 4 is 17.2 Å². The molecule has 0 saturated heterocycles. The van der Waals surface area contributed by atoms with Crippen LogP contribution in [0.25, 0.3) is 5.57 Å². The highest BCUT2D eigenvalue weighted by Gasteiger charge is 2.16. The molecule has 0 aliphatic heterocycles. The van der Waals surface area contributed by atoms with Crippen LogP contribution in [0, 0.1) is 12.3 Å². The van der Waals surface area contributed by atoms with Crippen molar-refractivity contribution in [1.29, 1.82) is 0 Å². The molecule has 0 spiro atoms. The maximum absolute atomic E-state index is 8.61. The topological polar surface area (TPSA) is 20.2 Å². The number of aliphatic hydroxyl groups excluding tert-OH is 1. The summed E-state index contributed by atoms with van der Waals surface area (Å²) in [7, 11) is 0. The van der Waals surface area contributed by atoms with Crippen LogP contribution in [0.2, 0.25) is 5.02 Å². The molecule has 0 saturated carbocycles. The second-order valence-electron chi connectivity index (χ2n) is 6.99.